The summed E-state index contributed by atoms with van der Waals surface area (Å²) in [7, 11) is 0. The summed E-state index contributed by atoms with van der Waals surface area (Å²) in [5, 5.41) is 0. The number of aryl methyl sites for hydroxylation is 1. The summed E-state index contributed by atoms with van der Waals surface area (Å²) in [5.74, 6) is -0.304. The van der Waals surface area contributed by atoms with Crippen LogP contribution in [0.3, 0.4) is 0 Å². The number of benzene rings is 3. The summed E-state index contributed by atoms with van der Waals surface area (Å²) in [6.45, 7) is 10.7. The van der Waals surface area contributed by atoms with Gasteiger partial charge in [0.2, 0.25) is 5.91 Å². The fourth-order valence-electron chi connectivity index (χ4n) is 3.90. The van der Waals surface area contributed by atoms with E-state index < -0.39 is 0 Å². The molecule has 1 saturated heterocycles. The number of ether oxygens (including phenoxy) is 2. The molecule has 6 nitrogen and oxygen atoms in total. The van der Waals surface area contributed by atoms with E-state index in [-0.39, 0.29) is 35.8 Å². The molecule has 0 radical (unpaired) electrons. The van der Waals surface area contributed by atoms with E-state index in [1.165, 1.54) is 31.5 Å². The average molecular weight is 570 g/mol. The highest BCUT2D eigenvalue weighted by Gasteiger charge is 2.38. The van der Waals surface area contributed by atoms with Crippen LogP contribution in [-0.4, -0.2) is 24.1 Å². The van der Waals surface area contributed by atoms with Crippen LogP contribution in [0.1, 0.15) is 76.3 Å². The van der Waals surface area contributed by atoms with E-state index >= 15 is 0 Å². The molecule has 0 aromatic heterocycles. The van der Waals surface area contributed by atoms with Crippen molar-refractivity contribution in [2.45, 2.75) is 66.5 Å². The molecular weight excluding hydrogens is 529 g/mol. The van der Waals surface area contributed by atoms with Gasteiger partial charge in [0.15, 0.2) is 0 Å². The maximum Gasteiger partial charge on any atom is 0.308 e. The number of nitrogens with zero attached hydrogens (tertiary/aromatic N) is 1. The Hall–Kier alpha value is -3.65. The molecule has 0 aliphatic carbocycles. The van der Waals surface area contributed by atoms with Crippen LogP contribution in [0.25, 0.3) is 0 Å². The Bertz CT molecular complexity index is 1200. The van der Waals surface area contributed by atoms with E-state index in [9.17, 15) is 18.8 Å². The molecule has 0 saturated carbocycles. The predicted molar refractivity (Wildman–Crippen MR) is 161 cm³/mol. The number of hydrogen-bond acceptors (Lipinski definition) is 6. The molecule has 1 heterocycles. The van der Waals surface area contributed by atoms with Gasteiger partial charge in [-0.2, -0.15) is 12.6 Å². The molecule has 2 unspecified atom stereocenters. The molecule has 3 aromatic rings. The lowest BCUT2D eigenvalue weighted by Gasteiger charge is -2.40. The number of rotatable bonds is 6. The molecule has 0 spiro atoms. The molecule has 40 heavy (non-hydrogen) atoms. The zero-order valence-electron chi connectivity index (χ0n) is 24.3. The summed E-state index contributed by atoms with van der Waals surface area (Å²) in [5.41, 5.74) is 3.94. The van der Waals surface area contributed by atoms with Crippen molar-refractivity contribution in [1.29, 1.82) is 0 Å². The molecule has 0 N–H and O–H groups in total. The molecule has 1 amide bonds. The van der Waals surface area contributed by atoms with Crippen molar-refractivity contribution < 1.29 is 28.2 Å². The van der Waals surface area contributed by atoms with E-state index in [0.717, 1.165) is 16.8 Å². The van der Waals surface area contributed by atoms with Gasteiger partial charge in [-0.05, 0) is 67.1 Å². The first kappa shape index (κ1) is 34.4. The van der Waals surface area contributed by atoms with Gasteiger partial charge in [0.05, 0.1) is 12.5 Å². The first-order valence-corrected chi connectivity index (χ1v) is 14.1. The van der Waals surface area contributed by atoms with Crippen LogP contribution in [0.5, 0.6) is 5.75 Å². The van der Waals surface area contributed by atoms with Crippen LogP contribution in [0, 0.1) is 12.7 Å². The monoisotopic (exact) mass is 569 g/mol. The van der Waals surface area contributed by atoms with Gasteiger partial charge in [-0.1, -0.05) is 62.7 Å². The molecule has 1 aliphatic heterocycles. The van der Waals surface area contributed by atoms with E-state index in [1.807, 2.05) is 64.1 Å². The van der Waals surface area contributed by atoms with E-state index in [2.05, 4.69) is 12.6 Å². The highest BCUT2D eigenvalue weighted by molar-refractivity contribution is 7.79. The molecule has 2 atom stereocenters. The number of halogens is 1. The predicted octanol–water partition coefficient (Wildman–Crippen LogP) is 7.81. The van der Waals surface area contributed by atoms with E-state index in [1.54, 1.807) is 35.4 Å². The number of thiol groups is 1. The van der Waals surface area contributed by atoms with E-state index in [0.29, 0.717) is 18.6 Å². The molecule has 4 rings (SSSR count). The molecule has 0 bridgehead atoms. The number of carbonyl (C=O) groups is 3. The Balaban J connectivity index is 0.000000385. The molecular formula is C32H40FNO5S. The topological polar surface area (TPSA) is 72.9 Å². The zero-order valence-corrected chi connectivity index (χ0v) is 25.2. The standard InChI is InChI=1S/C18H17NO3.C11H13FO2.C2H6.CH4S/c1-12-3-7-15(8-4-12)19-17(11-18(19)21)14-5-9-16(10-6-14)22-13(2)20;1-3-11(14-8(2)13)9-4-6-10(12)7-5-9;2*1-2/h3-10,17H,11H2,1-2H3;4-7,11H,3H2,1-2H3;1-2H3;2H,1H3. The van der Waals surface area contributed by atoms with Crippen LogP contribution < -0.4 is 9.64 Å². The third kappa shape index (κ3) is 10.5. The second-order valence-corrected chi connectivity index (χ2v) is 8.54. The van der Waals surface area contributed by atoms with Crippen molar-refractivity contribution in [3.8, 4) is 5.75 Å². The first-order valence-electron chi connectivity index (χ1n) is 13.2. The van der Waals surface area contributed by atoms with Gasteiger partial charge in [0.25, 0.3) is 0 Å². The largest absolute Gasteiger partial charge is 0.458 e. The fraction of sp³-hybridized carbons (Fsp3) is 0.344. The van der Waals surface area contributed by atoms with Crippen molar-refractivity contribution in [2.24, 2.45) is 0 Å². The van der Waals surface area contributed by atoms with Crippen molar-refractivity contribution in [1.82, 2.24) is 0 Å². The first-order chi connectivity index (χ1) is 19.2. The van der Waals surface area contributed by atoms with Crippen LogP contribution in [0.4, 0.5) is 10.1 Å². The SMILES string of the molecule is CC.CC(=O)Oc1ccc(C2CC(=O)N2c2ccc(C)cc2)cc1.CCC(OC(C)=O)c1ccc(F)cc1.CS. The number of hydrogen-bond donors (Lipinski definition) is 1. The van der Waals surface area contributed by atoms with Gasteiger partial charge in [-0.15, -0.1) is 0 Å². The third-order valence-corrected chi connectivity index (χ3v) is 5.71. The summed E-state index contributed by atoms with van der Waals surface area (Å²) in [6.07, 6.45) is 2.61. The van der Waals surface area contributed by atoms with Gasteiger partial charge >= 0.3 is 11.9 Å². The minimum atomic E-state index is -0.340. The van der Waals surface area contributed by atoms with Crippen LogP contribution in [0.15, 0.2) is 72.8 Å². The van der Waals surface area contributed by atoms with Crippen LogP contribution in [0.2, 0.25) is 0 Å². The van der Waals surface area contributed by atoms with Gasteiger partial charge in [-0.25, -0.2) is 4.39 Å². The Morgan fingerprint density at radius 2 is 1.48 bits per heavy atom. The maximum absolute atomic E-state index is 12.6. The van der Waals surface area contributed by atoms with Crippen molar-refractivity contribution in [2.75, 3.05) is 11.2 Å². The lowest BCUT2D eigenvalue weighted by molar-refractivity contribution is -0.147. The fourth-order valence-corrected chi connectivity index (χ4v) is 3.90. The summed E-state index contributed by atoms with van der Waals surface area (Å²) in [6, 6.07) is 21.3. The molecule has 1 fully saturated rings. The Morgan fingerprint density at radius 3 is 1.93 bits per heavy atom. The van der Waals surface area contributed by atoms with Gasteiger partial charge < -0.3 is 14.4 Å². The quantitative estimate of drug-likeness (QED) is 0.142. The molecule has 216 valence electrons. The van der Waals surface area contributed by atoms with Gasteiger partial charge in [-0.3, -0.25) is 14.4 Å². The lowest BCUT2D eigenvalue weighted by Crippen LogP contribution is -2.46. The average Bonchev–Trinajstić information content (AvgIpc) is 2.95. The van der Waals surface area contributed by atoms with Crippen molar-refractivity contribution >= 4 is 36.2 Å². The van der Waals surface area contributed by atoms with Gasteiger partial charge in [0, 0.05) is 19.5 Å². The molecule has 1 aliphatic rings. The Labute approximate surface area is 242 Å². The van der Waals surface area contributed by atoms with Crippen LogP contribution >= 0.6 is 12.6 Å². The number of carbonyl (C=O) groups excluding carboxylic acids is 3. The summed E-state index contributed by atoms with van der Waals surface area (Å²) < 4.78 is 22.7. The van der Waals surface area contributed by atoms with Crippen LogP contribution in [-0.2, 0) is 19.1 Å². The minimum absolute atomic E-state index is 0.0431. The molecule has 8 heteroatoms. The Morgan fingerprint density at radius 1 is 0.925 bits per heavy atom. The number of amides is 1. The second-order valence-electron chi connectivity index (χ2n) is 8.54. The van der Waals surface area contributed by atoms with Crippen molar-refractivity contribution in [3.63, 3.8) is 0 Å². The molecule has 3 aromatic carbocycles. The minimum Gasteiger partial charge on any atom is -0.458 e. The van der Waals surface area contributed by atoms with Crippen molar-refractivity contribution in [3.05, 3.63) is 95.3 Å². The summed E-state index contributed by atoms with van der Waals surface area (Å²) in [4.78, 5) is 35.5. The second kappa shape index (κ2) is 17.8. The smallest absolute Gasteiger partial charge is 0.308 e. The summed E-state index contributed by atoms with van der Waals surface area (Å²) >= 11 is 3.53. The Kier molecular flexibility index (Phi) is 15.3. The highest BCUT2D eigenvalue weighted by atomic mass is 32.1. The highest BCUT2D eigenvalue weighted by Crippen LogP contribution is 2.39. The number of β-lactam (4-membered cyclic amide) rings is 1. The third-order valence-electron chi connectivity index (χ3n) is 5.71. The maximum atomic E-state index is 12.6. The zero-order chi connectivity index (χ0) is 30.2. The lowest BCUT2D eigenvalue weighted by atomic mass is 9.93. The normalized spacial score (nSPS) is 14.0. The number of esters is 2. The number of anilines is 1. The van der Waals surface area contributed by atoms with E-state index in [4.69, 9.17) is 9.47 Å². The van der Waals surface area contributed by atoms with Gasteiger partial charge in [0.1, 0.15) is 17.7 Å².